The maximum absolute atomic E-state index is 13.1. The van der Waals surface area contributed by atoms with E-state index in [9.17, 15) is 14.8 Å². The van der Waals surface area contributed by atoms with E-state index >= 15 is 0 Å². The summed E-state index contributed by atoms with van der Waals surface area (Å²) in [5.74, 6) is 6.72. The third kappa shape index (κ3) is 8.93. The SMILES string of the molecule is CCCC(O)(N[S@+]([O-])C(C)(C)C)c1cccc(-c2cc(C#CC(C)(C)O)c3cnn(-c4cccc(CO[Si](C)(C)C(C)(C)C)n4)c3c2)n1. The Morgan fingerprint density at radius 2 is 1.67 bits per heavy atom. The molecule has 11 heteroatoms. The van der Waals surface area contributed by atoms with Gasteiger partial charge in [0.15, 0.2) is 19.9 Å². The fourth-order valence-corrected chi connectivity index (χ4v) is 6.40. The molecule has 0 radical (unpaired) electrons. The minimum atomic E-state index is -1.98. The molecule has 0 saturated heterocycles. The highest BCUT2D eigenvalue weighted by Crippen LogP contribution is 2.37. The molecule has 2 atom stereocenters. The van der Waals surface area contributed by atoms with Crippen LogP contribution in [0.1, 0.15) is 92.1 Å². The number of benzene rings is 1. The van der Waals surface area contributed by atoms with Crippen LogP contribution >= 0.6 is 0 Å². The fourth-order valence-electron chi connectivity index (χ4n) is 4.64. The molecule has 48 heavy (non-hydrogen) atoms. The number of rotatable bonds is 10. The molecule has 4 aromatic rings. The molecule has 1 aromatic carbocycles. The van der Waals surface area contributed by atoms with E-state index in [2.05, 4.69) is 50.4 Å². The Labute approximate surface area is 290 Å². The maximum atomic E-state index is 13.1. The summed E-state index contributed by atoms with van der Waals surface area (Å²) < 4.78 is 23.7. The predicted octanol–water partition coefficient (Wildman–Crippen LogP) is 7.12. The molecular formula is C37H51N5O4SSi. The number of hydrogen-bond acceptors (Lipinski definition) is 8. The monoisotopic (exact) mass is 689 g/mol. The van der Waals surface area contributed by atoms with Crippen LogP contribution in [-0.4, -0.2) is 53.2 Å². The second-order valence-electron chi connectivity index (χ2n) is 15.4. The first-order chi connectivity index (χ1) is 22.1. The summed E-state index contributed by atoms with van der Waals surface area (Å²) in [6.07, 6.45) is 2.72. The van der Waals surface area contributed by atoms with Crippen LogP contribution < -0.4 is 4.72 Å². The molecule has 0 aliphatic carbocycles. The molecule has 0 saturated carbocycles. The molecule has 0 aliphatic heterocycles. The third-order valence-corrected chi connectivity index (χ3v) is 14.6. The van der Waals surface area contributed by atoms with Gasteiger partial charge in [-0.1, -0.05) is 58.1 Å². The van der Waals surface area contributed by atoms with Gasteiger partial charge in [-0.2, -0.15) is 5.10 Å². The number of nitrogens with one attached hydrogen (secondary N) is 1. The summed E-state index contributed by atoms with van der Waals surface area (Å²) in [5.41, 5.74) is 1.12. The molecule has 3 aromatic heterocycles. The average Bonchev–Trinajstić information content (AvgIpc) is 3.42. The van der Waals surface area contributed by atoms with Gasteiger partial charge in [0, 0.05) is 27.9 Å². The van der Waals surface area contributed by atoms with Crippen LogP contribution in [0.5, 0.6) is 0 Å². The van der Waals surface area contributed by atoms with Crippen molar-refractivity contribution in [1.82, 2.24) is 24.5 Å². The molecule has 0 aliphatic rings. The fraction of sp³-hybridized carbons (Fsp3) is 0.486. The van der Waals surface area contributed by atoms with Crippen molar-refractivity contribution in [3.05, 3.63) is 71.7 Å². The van der Waals surface area contributed by atoms with Crippen molar-refractivity contribution in [3.63, 3.8) is 0 Å². The van der Waals surface area contributed by atoms with Gasteiger partial charge in [-0.05, 0) is 95.6 Å². The van der Waals surface area contributed by atoms with Gasteiger partial charge in [0.2, 0.25) is 0 Å². The molecule has 3 heterocycles. The topological polar surface area (TPSA) is 128 Å². The minimum Gasteiger partial charge on any atom is -0.598 e. The van der Waals surface area contributed by atoms with Crippen LogP contribution in [0.4, 0.5) is 0 Å². The molecule has 0 fully saturated rings. The highest BCUT2D eigenvalue weighted by molar-refractivity contribution is 7.90. The summed E-state index contributed by atoms with van der Waals surface area (Å²) in [5, 5.41) is 27.8. The van der Waals surface area contributed by atoms with Crippen molar-refractivity contribution < 1.29 is 19.2 Å². The van der Waals surface area contributed by atoms with Gasteiger partial charge in [-0.25, -0.2) is 14.6 Å². The van der Waals surface area contributed by atoms with Crippen LogP contribution in [0.2, 0.25) is 18.1 Å². The van der Waals surface area contributed by atoms with Crippen molar-refractivity contribution in [2.45, 2.75) is 116 Å². The van der Waals surface area contributed by atoms with Gasteiger partial charge in [-0.3, -0.25) is 0 Å². The summed E-state index contributed by atoms with van der Waals surface area (Å²) in [6.45, 7) is 22.3. The van der Waals surface area contributed by atoms with E-state index in [4.69, 9.17) is 19.5 Å². The summed E-state index contributed by atoms with van der Waals surface area (Å²) in [7, 11) is -1.98. The van der Waals surface area contributed by atoms with Crippen molar-refractivity contribution in [2.24, 2.45) is 0 Å². The molecular weight excluding hydrogens is 639 g/mol. The van der Waals surface area contributed by atoms with Crippen molar-refractivity contribution >= 4 is 30.6 Å². The smallest absolute Gasteiger partial charge is 0.200 e. The highest BCUT2D eigenvalue weighted by atomic mass is 32.2. The Hall–Kier alpha value is -3.08. The van der Waals surface area contributed by atoms with Crippen molar-refractivity contribution in [3.8, 4) is 28.9 Å². The zero-order valence-corrected chi connectivity index (χ0v) is 32.0. The van der Waals surface area contributed by atoms with Crippen LogP contribution in [0.3, 0.4) is 0 Å². The van der Waals surface area contributed by atoms with E-state index in [1.54, 1.807) is 30.8 Å². The van der Waals surface area contributed by atoms with Gasteiger partial charge in [0.1, 0.15) is 10.3 Å². The number of nitrogens with zero attached hydrogens (tertiary/aromatic N) is 4. The highest BCUT2D eigenvalue weighted by Gasteiger charge is 2.40. The molecule has 0 spiro atoms. The van der Waals surface area contributed by atoms with Crippen LogP contribution in [0.15, 0.2) is 54.7 Å². The zero-order chi connectivity index (χ0) is 35.7. The van der Waals surface area contributed by atoms with Gasteiger partial charge in [0.05, 0.1) is 35.4 Å². The zero-order valence-electron chi connectivity index (χ0n) is 30.2. The lowest BCUT2D eigenvalue weighted by Crippen LogP contribution is -2.51. The standard InChI is InChI=1S/C37H51N5O4SSi/c1-12-20-37(44,41-47(45)34(2,3)4)32-17-14-16-30(40-32)27-22-26(19-21-36(8,9)43)29-24-38-42(31(29)23-27)33-18-13-15-28(39-33)25-46-48(10,11)35(5,6)7/h13-18,22-24,41,43-44H,12,20,25H2,1-11H3/t37?,47-/m1/s1. The minimum absolute atomic E-state index is 0.0804. The van der Waals surface area contributed by atoms with Crippen molar-refractivity contribution in [1.29, 1.82) is 0 Å². The first-order valence-electron chi connectivity index (χ1n) is 16.4. The Bertz CT molecular complexity index is 1810. The van der Waals surface area contributed by atoms with E-state index in [1.807, 2.05) is 70.2 Å². The van der Waals surface area contributed by atoms with E-state index in [0.717, 1.165) is 22.2 Å². The van der Waals surface area contributed by atoms with Crippen LogP contribution in [0, 0.1) is 11.8 Å². The number of aromatic nitrogens is 4. The molecule has 9 nitrogen and oxygen atoms in total. The van der Waals surface area contributed by atoms with Gasteiger partial charge < -0.3 is 19.2 Å². The van der Waals surface area contributed by atoms with Gasteiger partial charge >= 0.3 is 0 Å². The van der Waals surface area contributed by atoms with E-state index in [0.29, 0.717) is 42.2 Å². The second-order valence-corrected chi connectivity index (χ2v) is 22.1. The first-order valence-corrected chi connectivity index (χ1v) is 20.5. The molecule has 1 unspecified atom stereocenters. The predicted molar refractivity (Wildman–Crippen MR) is 197 cm³/mol. The Balaban J connectivity index is 1.84. The van der Waals surface area contributed by atoms with Gasteiger partial charge in [-0.15, -0.1) is 4.72 Å². The number of hydrogen-bond donors (Lipinski definition) is 3. The first kappa shape index (κ1) is 37.7. The van der Waals surface area contributed by atoms with Crippen LogP contribution in [-0.2, 0) is 28.1 Å². The second kappa shape index (κ2) is 14.0. The largest absolute Gasteiger partial charge is 0.598 e. The molecule has 4 rings (SSSR count). The molecule has 0 bridgehead atoms. The lowest BCUT2D eigenvalue weighted by molar-refractivity contribution is 0.0101. The van der Waals surface area contributed by atoms with Crippen LogP contribution in [0.25, 0.3) is 28.0 Å². The summed E-state index contributed by atoms with van der Waals surface area (Å²) in [4.78, 5) is 9.81. The quantitative estimate of drug-likeness (QED) is 0.0695. The molecule has 3 N–H and O–H groups in total. The van der Waals surface area contributed by atoms with Gasteiger partial charge in [0.25, 0.3) is 0 Å². The average molecular weight is 690 g/mol. The maximum Gasteiger partial charge on any atom is 0.200 e. The van der Waals surface area contributed by atoms with E-state index in [-0.39, 0.29) is 5.04 Å². The normalized spacial score (nSPS) is 14.8. The lowest BCUT2D eigenvalue weighted by Gasteiger charge is -2.36. The number of aliphatic hydroxyl groups is 2. The Morgan fingerprint density at radius 3 is 2.29 bits per heavy atom. The third-order valence-electron chi connectivity index (χ3n) is 8.49. The summed E-state index contributed by atoms with van der Waals surface area (Å²) >= 11 is -1.53. The molecule has 258 valence electrons. The number of fused-ring (bicyclic) bond motifs is 1. The Kier molecular flexibility index (Phi) is 11.0. The number of pyridine rings is 2. The van der Waals surface area contributed by atoms with E-state index in [1.165, 1.54) is 0 Å². The lowest BCUT2D eigenvalue weighted by atomic mass is 10.0. The van der Waals surface area contributed by atoms with E-state index < -0.39 is 35.8 Å². The molecule has 0 amide bonds. The van der Waals surface area contributed by atoms with Crippen molar-refractivity contribution in [2.75, 3.05) is 0 Å². The summed E-state index contributed by atoms with van der Waals surface area (Å²) in [6, 6.07) is 15.1. The Morgan fingerprint density at radius 1 is 0.979 bits per heavy atom.